The molecule has 0 amide bonds. The van der Waals surface area contributed by atoms with Crippen LogP contribution >= 0.6 is 23.2 Å². The van der Waals surface area contributed by atoms with Gasteiger partial charge in [0, 0.05) is 11.8 Å². The first-order valence-electron chi connectivity index (χ1n) is 8.61. The molecule has 2 aromatic rings. The standard InChI is InChI=1S/C22H24Cl2O2S/c1-3-21(17-23,15-19-11-7-5-8-12-19)27(25,26)22(4-2,18-24)16-20-13-9-6-10-14-20/h3-14H,1-2,15-18H2. The Hall–Kier alpha value is -1.55. The molecule has 0 aliphatic heterocycles. The average molecular weight is 423 g/mol. The summed E-state index contributed by atoms with van der Waals surface area (Å²) in [5.41, 5.74) is 1.74. The fraction of sp³-hybridized carbons (Fsp3) is 0.273. The number of alkyl halides is 2. The number of sulfone groups is 1. The van der Waals surface area contributed by atoms with Crippen LogP contribution in [0.2, 0.25) is 0 Å². The minimum atomic E-state index is -3.88. The quantitative estimate of drug-likeness (QED) is 0.388. The third kappa shape index (κ3) is 4.16. The van der Waals surface area contributed by atoms with Gasteiger partial charge in [0.1, 0.15) is 9.49 Å². The summed E-state index contributed by atoms with van der Waals surface area (Å²) in [4.78, 5) is 0. The van der Waals surface area contributed by atoms with Crippen LogP contribution in [0.15, 0.2) is 86.0 Å². The minimum absolute atomic E-state index is 0.116. The van der Waals surface area contributed by atoms with Crippen molar-refractivity contribution in [2.75, 3.05) is 11.8 Å². The lowest BCUT2D eigenvalue weighted by Crippen LogP contribution is -2.54. The molecule has 0 spiro atoms. The van der Waals surface area contributed by atoms with Gasteiger partial charge >= 0.3 is 0 Å². The summed E-state index contributed by atoms with van der Waals surface area (Å²) in [6, 6.07) is 18.8. The molecule has 0 aliphatic rings. The lowest BCUT2D eigenvalue weighted by molar-refractivity contribution is 0.530. The van der Waals surface area contributed by atoms with E-state index in [1.807, 2.05) is 60.7 Å². The molecular formula is C22H24Cl2O2S. The predicted molar refractivity (Wildman–Crippen MR) is 117 cm³/mol. The second kappa shape index (κ2) is 9.09. The molecule has 2 atom stereocenters. The van der Waals surface area contributed by atoms with Crippen LogP contribution in [0, 0.1) is 0 Å². The van der Waals surface area contributed by atoms with Crippen molar-refractivity contribution in [1.29, 1.82) is 0 Å². The van der Waals surface area contributed by atoms with E-state index < -0.39 is 19.3 Å². The fourth-order valence-corrected chi connectivity index (χ4v) is 6.71. The summed E-state index contributed by atoms with van der Waals surface area (Å²) >= 11 is 12.5. The van der Waals surface area contributed by atoms with Crippen LogP contribution in [-0.2, 0) is 22.7 Å². The van der Waals surface area contributed by atoms with Gasteiger partial charge < -0.3 is 0 Å². The first-order chi connectivity index (χ1) is 12.9. The third-order valence-electron chi connectivity index (χ3n) is 4.96. The molecule has 2 aromatic carbocycles. The van der Waals surface area contributed by atoms with Crippen LogP contribution in [0.25, 0.3) is 0 Å². The maximum atomic E-state index is 13.9. The Kier molecular flexibility index (Phi) is 7.32. The zero-order chi connectivity index (χ0) is 20.0. The molecule has 5 heteroatoms. The Morgan fingerprint density at radius 3 is 1.33 bits per heavy atom. The summed E-state index contributed by atoms with van der Waals surface area (Å²) in [5.74, 6) is -0.232. The summed E-state index contributed by atoms with van der Waals surface area (Å²) < 4.78 is 25.1. The molecule has 0 aliphatic carbocycles. The van der Waals surface area contributed by atoms with E-state index in [-0.39, 0.29) is 24.6 Å². The molecular weight excluding hydrogens is 399 g/mol. The smallest absolute Gasteiger partial charge is 0.171 e. The van der Waals surface area contributed by atoms with Gasteiger partial charge in [0.05, 0.1) is 0 Å². The summed E-state index contributed by atoms with van der Waals surface area (Å²) in [5, 5.41) is 0. The highest BCUT2D eigenvalue weighted by molar-refractivity contribution is 7.94. The molecule has 0 N–H and O–H groups in total. The van der Waals surface area contributed by atoms with E-state index in [0.29, 0.717) is 0 Å². The van der Waals surface area contributed by atoms with Crippen LogP contribution < -0.4 is 0 Å². The van der Waals surface area contributed by atoms with Crippen LogP contribution in [0.3, 0.4) is 0 Å². The number of halogens is 2. The predicted octanol–water partition coefficient (Wildman–Crippen LogP) is 5.21. The minimum Gasteiger partial charge on any atom is -0.227 e. The Bertz CT molecular complexity index is 798. The van der Waals surface area contributed by atoms with Crippen molar-refractivity contribution in [2.24, 2.45) is 0 Å². The van der Waals surface area contributed by atoms with Gasteiger partial charge in [-0.15, -0.1) is 36.4 Å². The van der Waals surface area contributed by atoms with Crippen molar-refractivity contribution in [1.82, 2.24) is 0 Å². The van der Waals surface area contributed by atoms with Crippen LogP contribution in [0.5, 0.6) is 0 Å². The first-order valence-corrected chi connectivity index (χ1v) is 11.2. The molecule has 0 saturated heterocycles. The highest BCUT2D eigenvalue weighted by Gasteiger charge is 2.52. The largest absolute Gasteiger partial charge is 0.227 e. The molecule has 2 unspecified atom stereocenters. The molecule has 27 heavy (non-hydrogen) atoms. The Labute approximate surface area is 172 Å². The van der Waals surface area contributed by atoms with Crippen LogP contribution in [0.1, 0.15) is 11.1 Å². The van der Waals surface area contributed by atoms with E-state index in [1.54, 1.807) is 0 Å². The van der Waals surface area contributed by atoms with Gasteiger partial charge in [0.2, 0.25) is 0 Å². The van der Waals surface area contributed by atoms with Crippen LogP contribution in [0.4, 0.5) is 0 Å². The number of hydrogen-bond acceptors (Lipinski definition) is 2. The van der Waals surface area contributed by atoms with E-state index in [1.165, 1.54) is 12.2 Å². The van der Waals surface area contributed by atoms with Crippen molar-refractivity contribution in [2.45, 2.75) is 22.3 Å². The fourth-order valence-electron chi connectivity index (χ4n) is 3.19. The molecule has 144 valence electrons. The van der Waals surface area contributed by atoms with Crippen molar-refractivity contribution in [3.8, 4) is 0 Å². The maximum Gasteiger partial charge on any atom is 0.171 e. The van der Waals surface area contributed by atoms with Gasteiger partial charge in [-0.2, -0.15) is 0 Å². The zero-order valence-corrected chi connectivity index (χ0v) is 17.5. The summed E-state index contributed by atoms with van der Waals surface area (Å²) in [6.45, 7) is 7.63. The lowest BCUT2D eigenvalue weighted by atomic mass is 9.99. The van der Waals surface area contributed by atoms with Crippen molar-refractivity contribution in [3.05, 3.63) is 97.1 Å². The summed E-state index contributed by atoms with van der Waals surface area (Å²) in [6.07, 6.45) is 3.34. The van der Waals surface area contributed by atoms with E-state index in [4.69, 9.17) is 23.2 Å². The lowest BCUT2D eigenvalue weighted by Gasteiger charge is -2.39. The second-order valence-corrected chi connectivity index (χ2v) is 9.80. The molecule has 0 radical (unpaired) electrons. The first kappa shape index (κ1) is 21.7. The number of benzene rings is 2. The highest BCUT2D eigenvalue weighted by Crippen LogP contribution is 2.38. The third-order valence-corrected chi connectivity index (χ3v) is 9.28. The molecule has 0 bridgehead atoms. The van der Waals surface area contributed by atoms with Gasteiger partial charge in [0.25, 0.3) is 0 Å². The zero-order valence-electron chi connectivity index (χ0n) is 15.2. The molecule has 0 aromatic heterocycles. The van der Waals surface area contributed by atoms with E-state index in [9.17, 15) is 8.42 Å². The summed E-state index contributed by atoms with van der Waals surface area (Å²) in [7, 11) is -3.88. The van der Waals surface area contributed by atoms with E-state index in [0.717, 1.165) is 11.1 Å². The van der Waals surface area contributed by atoms with Gasteiger partial charge in [-0.05, 0) is 24.0 Å². The molecule has 2 rings (SSSR count). The Morgan fingerprint density at radius 1 is 0.741 bits per heavy atom. The molecule has 0 fully saturated rings. The van der Waals surface area contributed by atoms with Gasteiger partial charge in [-0.1, -0.05) is 72.8 Å². The van der Waals surface area contributed by atoms with E-state index >= 15 is 0 Å². The van der Waals surface area contributed by atoms with E-state index in [2.05, 4.69) is 13.2 Å². The molecule has 0 heterocycles. The molecule has 2 nitrogen and oxygen atoms in total. The Balaban J connectivity index is 2.56. The number of hydrogen-bond donors (Lipinski definition) is 0. The van der Waals surface area contributed by atoms with Gasteiger partial charge in [0.15, 0.2) is 9.84 Å². The molecule has 0 saturated carbocycles. The normalized spacial score (nSPS) is 16.1. The van der Waals surface area contributed by atoms with Gasteiger partial charge in [-0.25, -0.2) is 8.42 Å². The topological polar surface area (TPSA) is 34.1 Å². The highest BCUT2D eigenvalue weighted by atomic mass is 35.5. The van der Waals surface area contributed by atoms with Gasteiger partial charge in [-0.3, -0.25) is 0 Å². The van der Waals surface area contributed by atoms with Crippen molar-refractivity contribution >= 4 is 33.0 Å². The maximum absolute atomic E-state index is 13.9. The van der Waals surface area contributed by atoms with Crippen LogP contribution in [-0.4, -0.2) is 29.7 Å². The van der Waals surface area contributed by atoms with Crippen molar-refractivity contribution in [3.63, 3.8) is 0 Å². The number of rotatable bonds is 10. The average Bonchev–Trinajstić information content (AvgIpc) is 2.71. The second-order valence-electron chi connectivity index (χ2n) is 6.63. The Morgan fingerprint density at radius 2 is 1.07 bits per heavy atom. The monoisotopic (exact) mass is 422 g/mol. The SMILES string of the molecule is C=CC(CCl)(Cc1ccccc1)S(=O)(=O)C(C=C)(CCl)Cc1ccccc1. The van der Waals surface area contributed by atoms with Crippen molar-refractivity contribution < 1.29 is 8.42 Å².